The van der Waals surface area contributed by atoms with Gasteiger partial charge in [0.15, 0.2) is 0 Å². The van der Waals surface area contributed by atoms with Gasteiger partial charge in [-0.05, 0) is 71.1 Å². The van der Waals surface area contributed by atoms with Crippen LogP contribution in [-0.2, 0) is 20.9 Å². The van der Waals surface area contributed by atoms with Crippen LogP contribution in [0.15, 0.2) is 30.3 Å². The molecule has 1 heterocycles. The highest BCUT2D eigenvalue weighted by Gasteiger charge is 2.38. The summed E-state index contributed by atoms with van der Waals surface area (Å²) in [6.07, 6.45) is 5.48. The van der Waals surface area contributed by atoms with E-state index < -0.39 is 0 Å². The molecule has 28 heavy (non-hydrogen) atoms. The lowest BCUT2D eigenvalue weighted by Crippen LogP contribution is -2.46. The van der Waals surface area contributed by atoms with Crippen LogP contribution in [0.1, 0.15) is 57.9 Å². The Morgan fingerprint density at radius 2 is 1.79 bits per heavy atom. The first-order chi connectivity index (χ1) is 13.5. The van der Waals surface area contributed by atoms with E-state index in [0.29, 0.717) is 31.0 Å². The zero-order valence-electron chi connectivity index (χ0n) is 17.3. The molecule has 0 bridgehead atoms. The van der Waals surface area contributed by atoms with Gasteiger partial charge in [0, 0.05) is 24.4 Å². The number of rotatable bonds is 9. The molecule has 154 valence electrons. The van der Waals surface area contributed by atoms with Gasteiger partial charge >= 0.3 is 5.97 Å². The minimum atomic E-state index is -0.133. The monoisotopic (exact) mass is 386 g/mol. The Morgan fingerprint density at radius 1 is 1.11 bits per heavy atom. The molecule has 1 amide bonds. The van der Waals surface area contributed by atoms with Crippen molar-refractivity contribution in [3.63, 3.8) is 0 Å². The van der Waals surface area contributed by atoms with Gasteiger partial charge in [0.25, 0.3) is 0 Å². The summed E-state index contributed by atoms with van der Waals surface area (Å²) in [6.45, 7) is 7.40. The fourth-order valence-corrected chi connectivity index (χ4v) is 4.08. The van der Waals surface area contributed by atoms with Crippen molar-refractivity contribution < 1.29 is 14.3 Å². The van der Waals surface area contributed by atoms with Crippen LogP contribution in [0, 0.1) is 5.92 Å². The summed E-state index contributed by atoms with van der Waals surface area (Å²) in [5.74, 6) is 0.405. The summed E-state index contributed by atoms with van der Waals surface area (Å²) in [5, 5.41) is 0. The van der Waals surface area contributed by atoms with Gasteiger partial charge in [-0.1, -0.05) is 30.3 Å². The Morgan fingerprint density at radius 3 is 2.39 bits per heavy atom. The summed E-state index contributed by atoms with van der Waals surface area (Å²) in [5.41, 5.74) is 1.02. The van der Waals surface area contributed by atoms with E-state index >= 15 is 0 Å². The number of ether oxygens (including phenoxy) is 1. The highest BCUT2D eigenvalue weighted by Crippen LogP contribution is 2.32. The molecule has 1 aliphatic heterocycles. The molecule has 1 aromatic carbocycles. The second-order valence-corrected chi connectivity index (χ2v) is 8.44. The maximum absolute atomic E-state index is 12.9. The van der Waals surface area contributed by atoms with Crippen molar-refractivity contribution in [2.75, 3.05) is 19.6 Å². The van der Waals surface area contributed by atoms with Crippen LogP contribution >= 0.6 is 0 Å². The first kappa shape index (κ1) is 20.8. The summed E-state index contributed by atoms with van der Waals surface area (Å²) in [4.78, 5) is 29.3. The van der Waals surface area contributed by atoms with Gasteiger partial charge in [0.05, 0.1) is 0 Å². The first-order valence-electron chi connectivity index (χ1n) is 10.8. The van der Waals surface area contributed by atoms with Gasteiger partial charge in [-0.25, -0.2) is 0 Å². The molecule has 1 aliphatic carbocycles. The van der Waals surface area contributed by atoms with Crippen molar-refractivity contribution >= 4 is 11.9 Å². The largest absolute Gasteiger partial charge is 0.461 e. The number of likely N-dealkylation sites (tertiary alicyclic amines) is 1. The van der Waals surface area contributed by atoms with Crippen molar-refractivity contribution in [2.45, 2.75) is 71.1 Å². The predicted molar refractivity (Wildman–Crippen MR) is 110 cm³/mol. The van der Waals surface area contributed by atoms with Gasteiger partial charge in [0.1, 0.15) is 6.61 Å². The average molecular weight is 387 g/mol. The molecule has 1 saturated heterocycles. The van der Waals surface area contributed by atoms with E-state index in [1.807, 2.05) is 30.3 Å². The molecule has 0 spiro atoms. The van der Waals surface area contributed by atoms with E-state index in [-0.39, 0.29) is 11.9 Å². The number of benzene rings is 1. The third-order valence-corrected chi connectivity index (χ3v) is 5.79. The average Bonchev–Trinajstić information content (AvgIpc) is 3.52. The zero-order chi connectivity index (χ0) is 19.9. The van der Waals surface area contributed by atoms with E-state index in [2.05, 4.69) is 23.6 Å². The number of hydrogen-bond donors (Lipinski definition) is 0. The summed E-state index contributed by atoms with van der Waals surface area (Å²) in [7, 11) is 0. The van der Waals surface area contributed by atoms with E-state index in [1.165, 1.54) is 12.8 Å². The smallest absolute Gasteiger partial charge is 0.306 e. The van der Waals surface area contributed by atoms with Crippen LogP contribution in [-0.4, -0.2) is 53.4 Å². The van der Waals surface area contributed by atoms with Gasteiger partial charge in [-0.2, -0.15) is 0 Å². The maximum atomic E-state index is 12.9. The van der Waals surface area contributed by atoms with E-state index in [0.717, 1.165) is 44.5 Å². The highest BCUT2D eigenvalue weighted by atomic mass is 16.5. The summed E-state index contributed by atoms with van der Waals surface area (Å²) in [6, 6.07) is 10.6. The lowest BCUT2D eigenvalue weighted by molar-refractivity contribution is -0.145. The van der Waals surface area contributed by atoms with Crippen molar-refractivity contribution in [2.24, 2.45) is 5.92 Å². The normalized spacial score (nSPS) is 18.2. The molecule has 0 N–H and O–H groups in total. The molecule has 5 nitrogen and oxygen atoms in total. The Kier molecular flexibility index (Phi) is 7.49. The van der Waals surface area contributed by atoms with Gasteiger partial charge in [-0.15, -0.1) is 0 Å². The van der Waals surface area contributed by atoms with Crippen molar-refractivity contribution in [1.29, 1.82) is 0 Å². The number of carbonyl (C=O) groups excluding carboxylic acids is 2. The number of piperidine rings is 1. The second-order valence-electron chi connectivity index (χ2n) is 8.44. The minimum Gasteiger partial charge on any atom is -0.461 e. The fraction of sp³-hybridized carbons (Fsp3) is 0.652. The Hall–Kier alpha value is -1.88. The molecule has 1 saturated carbocycles. The SMILES string of the molecule is CC(C)N(C(=O)C1CCN(CCCC(=O)OCc2ccccc2)CC1)C1CC1. The molecule has 0 aromatic heterocycles. The molecule has 2 fully saturated rings. The Labute approximate surface area is 169 Å². The van der Waals surface area contributed by atoms with Crippen LogP contribution in [0.2, 0.25) is 0 Å². The van der Waals surface area contributed by atoms with Crippen molar-refractivity contribution in [3.05, 3.63) is 35.9 Å². The van der Waals surface area contributed by atoms with Crippen LogP contribution in [0.4, 0.5) is 0 Å². The van der Waals surface area contributed by atoms with Crippen molar-refractivity contribution in [1.82, 2.24) is 9.80 Å². The number of esters is 1. The number of amides is 1. The van der Waals surface area contributed by atoms with Gasteiger partial charge in [0.2, 0.25) is 5.91 Å². The summed E-state index contributed by atoms with van der Waals surface area (Å²) >= 11 is 0. The van der Waals surface area contributed by atoms with Gasteiger partial charge in [-0.3, -0.25) is 9.59 Å². The molecule has 0 unspecified atom stereocenters. The number of nitrogens with zero attached hydrogens (tertiary/aromatic N) is 2. The van der Waals surface area contributed by atoms with E-state index in [4.69, 9.17) is 4.74 Å². The highest BCUT2D eigenvalue weighted by molar-refractivity contribution is 5.80. The molecule has 2 aliphatic rings. The topological polar surface area (TPSA) is 49.9 Å². The maximum Gasteiger partial charge on any atom is 0.306 e. The Balaban J connectivity index is 1.31. The van der Waals surface area contributed by atoms with Gasteiger partial charge < -0.3 is 14.5 Å². The molecule has 0 atom stereocenters. The Bertz CT molecular complexity index is 633. The van der Waals surface area contributed by atoms with E-state index in [9.17, 15) is 9.59 Å². The molecule has 0 radical (unpaired) electrons. The van der Waals surface area contributed by atoms with Crippen LogP contribution in [0.3, 0.4) is 0 Å². The van der Waals surface area contributed by atoms with Crippen LogP contribution in [0.5, 0.6) is 0 Å². The summed E-state index contributed by atoms with van der Waals surface area (Å²) < 4.78 is 5.34. The molecular weight excluding hydrogens is 352 g/mol. The number of carbonyl (C=O) groups is 2. The van der Waals surface area contributed by atoms with E-state index in [1.54, 1.807) is 0 Å². The zero-order valence-corrected chi connectivity index (χ0v) is 17.3. The van der Waals surface area contributed by atoms with Crippen LogP contribution in [0.25, 0.3) is 0 Å². The molecule has 3 rings (SSSR count). The number of hydrogen-bond acceptors (Lipinski definition) is 4. The van der Waals surface area contributed by atoms with Crippen LogP contribution < -0.4 is 0 Å². The molecular formula is C23H34N2O3. The fourth-order valence-electron chi connectivity index (χ4n) is 4.08. The molecule has 5 heteroatoms. The third kappa shape index (κ3) is 6.06. The lowest BCUT2D eigenvalue weighted by Gasteiger charge is -2.36. The second kappa shape index (κ2) is 10.1. The first-order valence-corrected chi connectivity index (χ1v) is 10.8. The predicted octanol–water partition coefficient (Wildman–Crippen LogP) is 3.62. The lowest BCUT2D eigenvalue weighted by atomic mass is 9.94. The minimum absolute atomic E-state index is 0.133. The third-order valence-electron chi connectivity index (χ3n) is 5.79. The standard InChI is InChI=1S/C23H34N2O3/c1-18(2)25(21-10-11-21)23(27)20-12-15-24(16-13-20)14-6-9-22(26)28-17-19-7-4-3-5-8-19/h3-5,7-8,18,20-21H,6,9-17H2,1-2H3. The van der Waals surface area contributed by atoms with Crippen molar-refractivity contribution in [3.8, 4) is 0 Å². The quantitative estimate of drug-likeness (QED) is 0.608. The molecule has 1 aromatic rings.